The first-order valence-corrected chi connectivity index (χ1v) is 7.91. The lowest BCUT2D eigenvalue weighted by atomic mass is 10.1. The molecule has 1 aromatic carbocycles. The lowest BCUT2D eigenvalue weighted by Crippen LogP contribution is -2.31. The molecular formula is C16H14BrFN2O3. The number of rotatable bonds is 4. The predicted molar refractivity (Wildman–Crippen MR) is 85.6 cm³/mol. The third-order valence-corrected chi connectivity index (χ3v) is 4.12. The maximum atomic E-state index is 13.0. The van der Waals surface area contributed by atoms with Crippen molar-refractivity contribution in [1.29, 1.82) is 0 Å². The van der Waals surface area contributed by atoms with E-state index < -0.39 is 0 Å². The topological polar surface area (TPSA) is 62.6 Å². The lowest BCUT2D eigenvalue weighted by Gasteiger charge is -2.16. The van der Waals surface area contributed by atoms with Crippen LogP contribution in [-0.2, 0) is 4.79 Å². The number of carbonyl (C=O) groups excluding carboxylic acids is 2. The van der Waals surface area contributed by atoms with Crippen molar-refractivity contribution in [2.24, 2.45) is 5.92 Å². The first-order valence-electron chi connectivity index (χ1n) is 7.12. The van der Waals surface area contributed by atoms with E-state index in [1.165, 1.54) is 12.1 Å². The van der Waals surface area contributed by atoms with E-state index in [-0.39, 0.29) is 29.3 Å². The van der Waals surface area contributed by atoms with Crippen molar-refractivity contribution in [2.75, 3.05) is 18.0 Å². The van der Waals surface area contributed by atoms with Crippen LogP contribution in [0.4, 0.5) is 10.1 Å². The molecule has 1 aliphatic rings. The Morgan fingerprint density at radius 2 is 2.04 bits per heavy atom. The van der Waals surface area contributed by atoms with Crippen LogP contribution in [0.25, 0.3) is 0 Å². The minimum atomic E-state index is -0.339. The Kier molecular flexibility index (Phi) is 4.47. The van der Waals surface area contributed by atoms with Gasteiger partial charge >= 0.3 is 0 Å². The summed E-state index contributed by atoms with van der Waals surface area (Å²) in [5.41, 5.74) is 0.667. The molecule has 2 aromatic rings. The minimum Gasteiger partial charge on any atom is -0.444 e. The predicted octanol–water partition coefficient (Wildman–Crippen LogP) is 2.96. The van der Waals surface area contributed by atoms with Crippen molar-refractivity contribution in [3.05, 3.63) is 52.6 Å². The number of anilines is 1. The quantitative estimate of drug-likeness (QED) is 0.886. The van der Waals surface area contributed by atoms with Crippen LogP contribution in [0, 0.1) is 11.7 Å². The Labute approximate surface area is 140 Å². The molecule has 0 bridgehead atoms. The number of carbonyl (C=O) groups is 2. The van der Waals surface area contributed by atoms with Crippen molar-refractivity contribution < 1.29 is 18.4 Å². The van der Waals surface area contributed by atoms with Gasteiger partial charge in [-0.3, -0.25) is 9.59 Å². The number of hydrogen-bond acceptors (Lipinski definition) is 3. The molecule has 2 heterocycles. The van der Waals surface area contributed by atoms with Gasteiger partial charge in [0.1, 0.15) is 5.82 Å². The first kappa shape index (κ1) is 15.7. The number of hydrogen-bond donors (Lipinski definition) is 1. The third kappa shape index (κ3) is 3.61. The van der Waals surface area contributed by atoms with Gasteiger partial charge in [-0.15, -0.1) is 0 Å². The van der Waals surface area contributed by atoms with Crippen molar-refractivity contribution in [1.82, 2.24) is 5.32 Å². The van der Waals surface area contributed by atoms with Crippen LogP contribution in [0.15, 0.2) is 45.5 Å². The van der Waals surface area contributed by atoms with Crippen LogP contribution >= 0.6 is 15.9 Å². The van der Waals surface area contributed by atoms with Gasteiger partial charge in [0.05, 0.1) is 0 Å². The summed E-state index contributed by atoms with van der Waals surface area (Å²) in [6, 6.07) is 9.02. The summed E-state index contributed by atoms with van der Waals surface area (Å²) >= 11 is 3.14. The van der Waals surface area contributed by atoms with Gasteiger partial charge in [-0.25, -0.2) is 4.39 Å². The van der Waals surface area contributed by atoms with Crippen LogP contribution < -0.4 is 10.2 Å². The Morgan fingerprint density at radius 1 is 1.30 bits per heavy atom. The van der Waals surface area contributed by atoms with Crippen LogP contribution in [0.3, 0.4) is 0 Å². The fourth-order valence-corrected chi connectivity index (χ4v) is 2.86. The number of halogens is 2. The van der Waals surface area contributed by atoms with Crippen LogP contribution in [-0.4, -0.2) is 24.9 Å². The molecule has 1 N–H and O–H groups in total. The summed E-state index contributed by atoms with van der Waals surface area (Å²) in [6.07, 6.45) is 0.347. The summed E-state index contributed by atoms with van der Waals surface area (Å²) in [6.45, 7) is 0.868. The largest absolute Gasteiger partial charge is 0.444 e. The van der Waals surface area contributed by atoms with Gasteiger partial charge < -0.3 is 14.6 Å². The van der Waals surface area contributed by atoms with Gasteiger partial charge in [0.15, 0.2) is 10.4 Å². The Bertz CT molecular complexity index is 729. The average molecular weight is 381 g/mol. The van der Waals surface area contributed by atoms with Gasteiger partial charge in [0, 0.05) is 31.1 Å². The molecule has 1 aliphatic heterocycles. The molecule has 2 amide bonds. The summed E-state index contributed by atoms with van der Waals surface area (Å²) < 4.78 is 18.6. The van der Waals surface area contributed by atoms with Crippen LogP contribution in [0.2, 0.25) is 0 Å². The number of benzene rings is 1. The van der Waals surface area contributed by atoms with Gasteiger partial charge in [0.2, 0.25) is 5.91 Å². The second-order valence-electron chi connectivity index (χ2n) is 5.36. The maximum absolute atomic E-state index is 13.0. The van der Waals surface area contributed by atoms with Crippen LogP contribution in [0.5, 0.6) is 0 Å². The molecule has 1 unspecified atom stereocenters. The molecule has 23 heavy (non-hydrogen) atoms. The highest BCUT2D eigenvalue weighted by Crippen LogP contribution is 2.25. The molecule has 1 aromatic heterocycles. The van der Waals surface area contributed by atoms with Crippen LogP contribution in [0.1, 0.15) is 17.0 Å². The number of furan rings is 1. The van der Waals surface area contributed by atoms with E-state index in [0.717, 1.165) is 0 Å². The minimum absolute atomic E-state index is 0.00917. The molecule has 7 heteroatoms. The zero-order chi connectivity index (χ0) is 16.4. The fraction of sp³-hybridized carbons (Fsp3) is 0.250. The summed E-state index contributed by atoms with van der Waals surface area (Å²) in [5.74, 6) is -0.458. The fourth-order valence-electron chi connectivity index (χ4n) is 2.55. The molecule has 5 nitrogen and oxygen atoms in total. The SMILES string of the molecule is O=C(NCC1CC(=O)N(c2ccc(F)cc2)C1)c1ccc(Br)o1. The summed E-state index contributed by atoms with van der Waals surface area (Å²) in [7, 11) is 0. The van der Waals surface area contributed by atoms with Crippen molar-refractivity contribution in [3.63, 3.8) is 0 Å². The van der Waals surface area contributed by atoms with E-state index in [4.69, 9.17) is 4.42 Å². The van der Waals surface area contributed by atoms with Gasteiger partial charge in [-0.05, 0) is 52.3 Å². The van der Waals surface area contributed by atoms with Gasteiger partial charge in [-0.1, -0.05) is 0 Å². The van der Waals surface area contributed by atoms with E-state index in [0.29, 0.717) is 29.9 Å². The van der Waals surface area contributed by atoms with Crippen molar-refractivity contribution in [2.45, 2.75) is 6.42 Å². The highest BCUT2D eigenvalue weighted by atomic mass is 79.9. The molecule has 0 saturated carbocycles. The molecule has 0 radical (unpaired) electrons. The van der Waals surface area contributed by atoms with Crippen molar-refractivity contribution in [3.8, 4) is 0 Å². The third-order valence-electron chi connectivity index (χ3n) is 3.69. The first-order chi connectivity index (χ1) is 11.0. The summed E-state index contributed by atoms with van der Waals surface area (Å²) in [4.78, 5) is 25.6. The number of nitrogens with one attached hydrogen (secondary N) is 1. The molecule has 3 rings (SSSR count). The van der Waals surface area contributed by atoms with E-state index in [1.54, 1.807) is 29.2 Å². The lowest BCUT2D eigenvalue weighted by molar-refractivity contribution is -0.117. The Balaban J connectivity index is 1.57. The maximum Gasteiger partial charge on any atom is 0.287 e. The van der Waals surface area contributed by atoms with Gasteiger partial charge in [0.25, 0.3) is 5.91 Å². The van der Waals surface area contributed by atoms with E-state index in [2.05, 4.69) is 21.2 Å². The smallest absolute Gasteiger partial charge is 0.287 e. The molecule has 0 spiro atoms. The standard InChI is InChI=1S/C16H14BrFN2O3/c17-14-6-5-13(23-14)16(22)19-8-10-7-15(21)20(9-10)12-3-1-11(18)2-4-12/h1-6,10H,7-9H2,(H,19,22). The Morgan fingerprint density at radius 3 is 2.70 bits per heavy atom. The zero-order valence-electron chi connectivity index (χ0n) is 12.1. The highest BCUT2D eigenvalue weighted by molar-refractivity contribution is 9.10. The zero-order valence-corrected chi connectivity index (χ0v) is 13.7. The molecule has 0 aliphatic carbocycles. The summed E-state index contributed by atoms with van der Waals surface area (Å²) in [5, 5.41) is 2.76. The van der Waals surface area contributed by atoms with E-state index in [9.17, 15) is 14.0 Å². The molecule has 1 fully saturated rings. The molecule has 1 saturated heterocycles. The second kappa shape index (κ2) is 6.54. The monoisotopic (exact) mass is 380 g/mol. The molecule has 120 valence electrons. The molecular weight excluding hydrogens is 367 g/mol. The van der Waals surface area contributed by atoms with Crippen molar-refractivity contribution >= 4 is 33.4 Å². The number of amides is 2. The van der Waals surface area contributed by atoms with E-state index >= 15 is 0 Å². The average Bonchev–Trinajstić information content (AvgIpc) is 3.12. The highest BCUT2D eigenvalue weighted by Gasteiger charge is 2.30. The second-order valence-corrected chi connectivity index (χ2v) is 6.15. The Hall–Kier alpha value is -2.15. The van der Waals surface area contributed by atoms with Gasteiger partial charge in [-0.2, -0.15) is 0 Å². The van der Waals surface area contributed by atoms with E-state index in [1.807, 2.05) is 0 Å². The normalized spacial score (nSPS) is 17.6. The number of nitrogens with zero attached hydrogens (tertiary/aromatic N) is 1. The molecule has 1 atom stereocenters.